The Kier molecular flexibility index (Phi) is 6.66. The molecular formula is C21H26O6. The van der Waals surface area contributed by atoms with Crippen molar-refractivity contribution >= 4 is 16.9 Å². The molecule has 0 amide bonds. The van der Waals surface area contributed by atoms with Crippen molar-refractivity contribution < 1.29 is 23.4 Å². The normalized spacial score (nSPS) is 11.7. The van der Waals surface area contributed by atoms with Crippen molar-refractivity contribution in [1.82, 2.24) is 0 Å². The number of hydrogen-bond donors (Lipinski definition) is 0. The number of carbonyl (C=O) groups excluding carboxylic acids is 1. The molecule has 1 aromatic carbocycles. The number of ether oxygens (including phenoxy) is 3. The van der Waals surface area contributed by atoms with Crippen LogP contribution in [-0.2, 0) is 4.79 Å². The highest BCUT2D eigenvalue weighted by Crippen LogP contribution is 2.38. The van der Waals surface area contributed by atoms with Crippen LogP contribution in [0.5, 0.6) is 17.2 Å². The summed E-state index contributed by atoms with van der Waals surface area (Å²) in [7, 11) is 0. The molecule has 2 rings (SSSR count). The highest BCUT2D eigenvalue weighted by atomic mass is 16.6. The lowest BCUT2D eigenvalue weighted by molar-refractivity contribution is -0.132. The number of rotatable bonds is 7. The van der Waals surface area contributed by atoms with Gasteiger partial charge in [0.15, 0.2) is 17.1 Å². The molecule has 0 atom stereocenters. The summed E-state index contributed by atoms with van der Waals surface area (Å²) in [4.78, 5) is 23.9. The van der Waals surface area contributed by atoms with Crippen molar-refractivity contribution in [3.05, 3.63) is 40.8 Å². The molecule has 0 aliphatic heterocycles. The number of carbonyl (C=O) groups is 1. The molecule has 0 saturated heterocycles. The molecule has 0 N–H and O–H groups in total. The Balaban J connectivity index is 2.55. The van der Waals surface area contributed by atoms with Crippen LogP contribution in [0.3, 0.4) is 0 Å². The van der Waals surface area contributed by atoms with E-state index in [9.17, 15) is 9.59 Å². The quantitative estimate of drug-likeness (QED) is 0.304. The summed E-state index contributed by atoms with van der Waals surface area (Å²) in [5.74, 6) is -0.273. The Bertz CT molecular complexity index is 886. The van der Waals surface area contributed by atoms with Crippen LogP contribution in [-0.4, -0.2) is 18.2 Å². The Morgan fingerprint density at radius 2 is 1.93 bits per heavy atom. The lowest BCUT2D eigenvalue weighted by Gasteiger charge is -2.22. The van der Waals surface area contributed by atoms with Crippen LogP contribution in [0.15, 0.2) is 39.6 Å². The molecule has 0 bridgehead atoms. The number of hydrogen-bond acceptors (Lipinski definition) is 6. The molecule has 0 spiro atoms. The van der Waals surface area contributed by atoms with E-state index in [0.717, 1.165) is 6.42 Å². The molecule has 0 aliphatic carbocycles. The van der Waals surface area contributed by atoms with Gasteiger partial charge < -0.3 is 18.6 Å². The lowest BCUT2D eigenvalue weighted by atomic mass is 10.1. The number of esters is 1. The number of benzene rings is 1. The monoisotopic (exact) mass is 374 g/mol. The fourth-order valence-electron chi connectivity index (χ4n) is 2.45. The molecule has 0 fully saturated rings. The van der Waals surface area contributed by atoms with E-state index in [4.69, 9.17) is 18.6 Å². The summed E-state index contributed by atoms with van der Waals surface area (Å²) in [6.07, 6.45) is 5.62. The third-order valence-corrected chi connectivity index (χ3v) is 3.41. The minimum absolute atomic E-state index is 0.181. The lowest BCUT2D eigenvalue weighted by Crippen LogP contribution is -2.23. The molecule has 2 aromatic rings. The van der Waals surface area contributed by atoms with Crippen molar-refractivity contribution in [1.29, 1.82) is 0 Å². The smallest absolute Gasteiger partial charge is 0.383 e. The molecule has 6 nitrogen and oxygen atoms in total. The van der Waals surface area contributed by atoms with Gasteiger partial charge in [-0.1, -0.05) is 25.1 Å². The molecule has 1 aromatic heterocycles. The second kappa shape index (κ2) is 8.75. The molecule has 6 heteroatoms. The van der Waals surface area contributed by atoms with E-state index in [-0.39, 0.29) is 17.1 Å². The first kappa shape index (κ1) is 20.6. The number of fused-ring (bicyclic) bond motifs is 1. The van der Waals surface area contributed by atoms with E-state index >= 15 is 0 Å². The third kappa shape index (κ3) is 5.61. The zero-order valence-electron chi connectivity index (χ0n) is 16.5. The van der Waals surface area contributed by atoms with E-state index in [1.54, 1.807) is 18.2 Å². The summed E-state index contributed by atoms with van der Waals surface area (Å²) in [5, 5.41) is 0.507. The molecule has 0 aliphatic rings. The fraction of sp³-hybridized carbons (Fsp3) is 0.429. The Labute approximate surface area is 158 Å². The van der Waals surface area contributed by atoms with Crippen LogP contribution in [0.25, 0.3) is 11.0 Å². The average molecular weight is 374 g/mol. The summed E-state index contributed by atoms with van der Waals surface area (Å²) in [6, 6.07) is 5.22. The Morgan fingerprint density at radius 3 is 2.56 bits per heavy atom. The summed E-state index contributed by atoms with van der Waals surface area (Å²) < 4.78 is 22.2. The van der Waals surface area contributed by atoms with Gasteiger partial charge in [-0.3, -0.25) is 4.79 Å². The van der Waals surface area contributed by atoms with E-state index in [1.807, 2.05) is 39.8 Å². The van der Waals surface area contributed by atoms with Crippen molar-refractivity contribution in [2.45, 2.75) is 53.1 Å². The van der Waals surface area contributed by atoms with Crippen LogP contribution in [0.4, 0.5) is 0 Å². The largest absolute Gasteiger partial charge is 0.488 e. The predicted octanol–water partition coefficient (Wildman–Crippen LogP) is 4.63. The SMILES string of the molecule is CC/C=C/CCOc1c(OC(C)=O)c(=O)oc2c(OC(C)(C)C)cccc12. The third-order valence-electron chi connectivity index (χ3n) is 3.41. The zero-order valence-corrected chi connectivity index (χ0v) is 16.5. The molecular weight excluding hydrogens is 348 g/mol. The maximum absolute atomic E-state index is 12.4. The van der Waals surface area contributed by atoms with Gasteiger partial charge in [0.25, 0.3) is 5.75 Å². The minimum atomic E-state index is -0.790. The van der Waals surface area contributed by atoms with E-state index < -0.39 is 17.2 Å². The summed E-state index contributed by atoms with van der Waals surface area (Å²) in [5.41, 5.74) is -1.01. The second-order valence-electron chi connectivity index (χ2n) is 7.01. The van der Waals surface area contributed by atoms with Crippen LogP contribution in [0.1, 0.15) is 47.5 Å². The van der Waals surface area contributed by atoms with Crippen molar-refractivity contribution in [2.24, 2.45) is 0 Å². The first-order valence-corrected chi connectivity index (χ1v) is 8.98. The van der Waals surface area contributed by atoms with Gasteiger partial charge in [0.1, 0.15) is 5.60 Å². The maximum Gasteiger partial charge on any atom is 0.383 e. The first-order chi connectivity index (χ1) is 12.7. The van der Waals surface area contributed by atoms with E-state index in [0.29, 0.717) is 24.2 Å². The highest BCUT2D eigenvalue weighted by Gasteiger charge is 2.23. The average Bonchev–Trinajstić information content (AvgIpc) is 2.56. The van der Waals surface area contributed by atoms with Gasteiger partial charge in [0.05, 0.1) is 12.0 Å². The molecule has 0 unspecified atom stereocenters. The van der Waals surface area contributed by atoms with Crippen LogP contribution in [0.2, 0.25) is 0 Å². The standard InChI is InChI=1S/C21H26O6/c1-6-7-8-9-13-24-18-15-11-10-12-16(27-21(3,4)5)17(15)26-20(23)19(18)25-14(2)22/h7-8,10-12H,6,9,13H2,1-5H3/b8-7+. The summed E-state index contributed by atoms with van der Waals surface area (Å²) in [6.45, 7) is 9.28. The van der Waals surface area contributed by atoms with Crippen LogP contribution >= 0.6 is 0 Å². The van der Waals surface area contributed by atoms with Crippen molar-refractivity contribution in [2.75, 3.05) is 6.61 Å². The van der Waals surface area contributed by atoms with E-state index in [1.165, 1.54) is 6.92 Å². The van der Waals surface area contributed by atoms with Gasteiger partial charge in [-0.2, -0.15) is 0 Å². The molecule has 0 radical (unpaired) electrons. The minimum Gasteiger partial charge on any atom is -0.488 e. The van der Waals surface area contributed by atoms with Gasteiger partial charge in [-0.15, -0.1) is 0 Å². The Hall–Kier alpha value is -2.76. The fourth-order valence-corrected chi connectivity index (χ4v) is 2.45. The Morgan fingerprint density at radius 1 is 1.19 bits per heavy atom. The molecule has 146 valence electrons. The number of allylic oxidation sites excluding steroid dienone is 1. The predicted molar refractivity (Wildman–Crippen MR) is 104 cm³/mol. The van der Waals surface area contributed by atoms with Gasteiger partial charge in [0.2, 0.25) is 0 Å². The van der Waals surface area contributed by atoms with Gasteiger partial charge in [-0.05, 0) is 45.7 Å². The maximum atomic E-state index is 12.4. The van der Waals surface area contributed by atoms with Crippen molar-refractivity contribution in [3.8, 4) is 17.2 Å². The number of para-hydroxylation sites is 1. The zero-order chi connectivity index (χ0) is 20.0. The van der Waals surface area contributed by atoms with Gasteiger partial charge >= 0.3 is 11.6 Å². The van der Waals surface area contributed by atoms with Gasteiger partial charge in [-0.25, -0.2) is 4.79 Å². The first-order valence-electron chi connectivity index (χ1n) is 8.98. The highest BCUT2D eigenvalue weighted by molar-refractivity contribution is 5.90. The van der Waals surface area contributed by atoms with Crippen molar-refractivity contribution in [3.63, 3.8) is 0 Å². The van der Waals surface area contributed by atoms with Gasteiger partial charge in [0, 0.05) is 6.92 Å². The second-order valence-corrected chi connectivity index (χ2v) is 7.01. The molecule has 1 heterocycles. The van der Waals surface area contributed by atoms with E-state index in [2.05, 4.69) is 0 Å². The topological polar surface area (TPSA) is 75.0 Å². The summed E-state index contributed by atoms with van der Waals surface area (Å²) >= 11 is 0. The van der Waals surface area contributed by atoms with Crippen LogP contribution < -0.4 is 19.8 Å². The molecule has 27 heavy (non-hydrogen) atoms. The molecule has 0 saturated carbocycles. The van der Waals surface area contributed by atoms with Crippen LogP contribution in [0, 0.1) is 0 Å².